The third-order valence-corrected chi connectivity index (χ3v) is 7.16. The Morgan fingerprint density at radius 3 is 2.31 bits per heavy atom. The van der Waals surface area contributed by atoms with Crippen LogP contribution in [0, 0.1) is 5.92 Å². The zero-order valence-electron chi connectivity index (χ0n) is 22.4. The van der Waals surface area contributed by atoms with Crippen molar-refractivity contribution in [3.8, 4) is 0 Å². The number of carbonyl (C=O) groups is 5. The van der Waals surface area contributed by atoms with Crippen molar-refractivity contribution in [3.05, 3.63) is 36.0 Å². The second-order valence-corrected chi connectivity index (χ2v) is 10.4. The summed E-state index contributed by atoms with van der Waals surface area (Å²) >= 11 is 1.55. The van der Waals surface area contributed by atoms with E-state index >= 15 is 0 Å². The molecule has 0 radical (unpaired) electrons. The van der Waals surface area contributed by atoms with Crippen molar-refractivity contribution in [2.24, 2.45) is 17.4 Å². The number of H-pyrrole nitrogens is 1. The summed E-state index contributed by atoms with van der Waals surface area (Å²) in [7, 11) is 0. The Kier molecular flexibility index (Phi) is 12.3. The molecule has 39 heavy (non-hydrogen) atoms. The number of amides is 4. The van der Waals surface area contributed by atoms with Crippen LogP contribution < -0.4 is 27.4 Å². The van der Waals surface area contributed by atoms with Gasteiger partial charge in [-0.1, -0.05) is 38.5 Å². The molecule has 4 amide bonds. The lowest BCUT2D eigenvalue weighted by Crippen LogP contribution is -2.59. The minimum atomic E-state index is -1.57. The molecule has 0 aliphatic carbocycles. The molecule has 0 saturated heterocycles. The van der Waals surface area contributed by atoms with Gasteiger partial charge in [-0.25, -0.2) is 4.79 Å². The molecular weight excluding hydrogens is 524 g/mol. The second-order valence-electron chi connectivity index (χ2n) is 9.45. The van der Waals surface area contributed by atoms with E-state index in [0.29, 0.717) is 24.2 Å². The predicted octanol–water partition coefficient (Wildman–Crippen LogP) is 0.251. The number of hydrogen-bond donors (Lipinski definition) is 7. The average molecular weight is 563 g/mol. The van der Waals surface area contributed by atoms with Crippen LogP contribution in [0.1, 0.15) is 38.7 Å². The number of nitrogens with one attached hydrogen (secondary N) is 4. The number of thioether (sulfide) groups is 1. The number of aromatic amines is 1. The lowest BCUT2D eigenvalue weighted by atomic mass is 9.96. The number of carboxylic acids is 1. The van der Waals surface area contributed by atoms with Crippen LogP contribution in [0.15, 0.2) is 30.5 Å². The minimum Gasteiger partial charge on any atom is -0.480 e. The van der Waals surface area contributed by atoms with Crippen LogP contribution in [0.25, 0.3) is 10.9 Å². The third kappa shape index (κ3) is 9.29. The number of nitrogens with two attached hydrogens (primary N) is 2. The van der Waals surface area contributed by atoms with Gasteiger partial charge in [-0.3, -0.25) is 19.2 Å². The molecule has 0 fully saturated rings. The highest BCUT2D eigenvalue weighted by molar-refractivity contribution is 7.98. The first-order valence-electron chi connectivity index (χ1n) is 12.7. The van der Waals surface area contributed by atoms with Gasteiger partial charge in [0.15, 0.2) is 0 Å². The van der Waals surface area contributed by atoms with Gasteiger partial charge in [0.2, 0.25) is 23.6 Å². The van der Waals surface area contributed by atoms with E-state index in [-0.39, 0.29) is 12.3 Å². The maximum absolute atomic E-state index is 13.5. The Morgan fingerprint density at radius 2 is 1.69 bits per heavy atom. The van der Waals surface area contributed by atoms with Crippen molar-refractivity contribution in [1.82, 2.24) is 20.9 Å². The number of carbonyl (C=O) groups excluding carboxylic acids is 4. The van der Waals surface area contributed by atoms with Gasteiger partial charge in [0.25, 0.3) is 0 Å². The maximum atomic E-state index is 13.5. The minimum absolute atomic E-state index is 0.0128. The molecule has 214 valence electrons. The highest BCUT2D eigenvalue weighted by Crippen LogP contribution is 2.20. The number of primary amides is 1. The van der Waals surface area contributed by atoms with E-state index in [1.54, 1.807) is 24.9 Å². The quantitative estimate of drug-likeness (QED) is 0.150. The average Bonchev–Trinajstić information content (AvgIpc) is 3.31. The normalized spacial score (nSPS) is 15.0. The lowest BCUT2D eigenvalue weighted by Gasteiger charge is -2.28. The Labute approximate surface area is 231 Å². The van der Waals surface area contributed by atoms with Gasteiger partial charge < -0.3 is 37.5 Å². The summed E-state index contributed by atoms with van der Waals surface area (Å²) in [5.41, 5.74) is 12.7. The molecule has 12 nitrogen and oxygen atoms in total. The number of aliphatic carboxylic acids is 1. The SMILES string of the molecule is CCC(C)C(NC(=O)C(N)CCSC)C(=O)NC(Cc1c[nH]c2ccccc12)C(=O)NC(CC(N)=O)C(=O)O. The molecular formula is C26H38N6O6S. The molecule has 5 unspecified atom stereocenters. The first-order valence-corrected chi connectivity index (χ1v) is 14.1. The number of benzene rings is 1. The van der Waals surface area contributed by atoms with E-state index in [2.05, 4.69) is 20.9 Å². The van der Waals surface area contributed by atoms with E-state index in [0.717, 1.165) is 10.9 Å². The summed E-state index contributed by atoms with van der Waals surface area (Å²) in [5, 5.41) is 18.0. The number of carboxylic acid groups (broad SMARTS) is 1. The fourth-order valence-corrected chi connectivity index (χ4v) is 4.49. The maximum Gasteiger partial charge on any atom is 0.326 e. The number of fused-ring (bicyclic) bond motifs is 1. The summed E-state index contributed by atoms with van der Waals surface area (Å²) in [6.07, 6.45) is 3.99. The fraction of sp³-hybridized carbons (Fsp3) is 0.500. The van der Waals surface area contributed by atoms with Gasteiger partial charge in [-0.2, -0.15) is 11.8 Å². The zero-order valence-corrected chi connectivity index (χ0v) is 23.2. The van der Waals surface area contributed by atoms with Crippen molar-refractivity contribution < 1.29 is 29.1 Å². The molecule has 2 rings (SSSR count). The highest BCUT2D eigenvalue weighted by atomic mass is 32.2. The van der Waals surface area contributed by atoms with Crippen molar-refractivity contribution in [3.63, 3.8) is 0 Å². The van der Waals surface area contributed by atoms with E-state index in [1.165, 1.54) is 0 Å². The molecule has 9 N–H and O–H groups in total. The van der Waals surface area contributed by atoms with Crippen LogP contribution in [-0.2, 0) is 30.4 Å². The Hall–Kier alpha value is -3.58. The van der Waals surface area contributed by atoms with E-state index in [4.69, 9.17) is 11.5 Å². The molecule has 13 heteroatoms. The topological polar surface area (TPSA) is 209 Å². The molecule has 5 atom stereocenters. The summed E-state index contributed by atoms with van der Waals surface area (Å²) in [6, 6.07) is 2.80. The van der Waals surface area contributed by atoms with E-state index < -0.39 is 60.2 Å². The van der Waals surface area contributed by atoms with Crippen LogP contribution in [0.2, 0.25) is 0 Å². The summed E-state index contributed by atoms with van der Waals surface area (Å²) in [4.78, 5) is 65.6. The van der Waals surface area contributed by atoms with Gasteiger partial charge >= 0.3 is 5.97 Å². The summed E-state index contributed by atoms with van der Waals surface area (Å²) < 4.78 is 0. The molecule has 1 heterocycles. The number of hydrogen-bond acceptors (Lipinski definition) is 7. The summed E-state index contributed by atoms with van der Waals surface area (Å²) in [6.45, 7) is 3.65. The predicted molar refractivity (Wildman–Crippen MR) is 150 cm³/mol. The van der Waals surface area contributed by atoms with Crippen molar-refractivity contribution in [1.29, 1.82) is 0 Å². The van der Waals surface area contributed by atoms with Crippen LogP contribution >= 0.6 is 11.8 Å². The Bertz CT molecular complexity index is 1170. The first kappa shape index (κ1) is 31.6. The van der Waals surface area contributed by atoms with Crippen LogP contribution in [0.5, 0.6) is 0 Å². The largest absolute Gasteiger partial charge is 0.480 e. The van der Waals surface area contributed by atoms with Gasteiger partial charge in [0.1, 0.15) is 18.1 Å². The van der Waals surface area contributed by atoms with E-state index in [1.807, 2.05) is 37.4 Å². The molecule has 2 aromatic rings. The van der Waals surface area contributed by atoms with Gasteiger partial charge in [-0.05, 0) is 36.0 Å². The molecule has 0 saturated carbocycles. The van der Waals surface area contributed by atoms with Crippen molar-refractivity contribution >= 4 is 52.3 Å². The molecule has 1 aromatic heterocycles. The standard InChI is InChI=1S/C26H38N6O6S/c1-4-14(2)22(32-23(34)17(27)9-10-39-3)25(36)30-19(24(35)31-20(26(37)38)12-21(28)33)11-15-13-29-18-8-6-5-7-16(15)18/h5-8,13-14,17,19-20,22,29H,4,9-12,27H2,1-3H3,(H2,28,33)(H,30,36)(H,31,35)(H,32,34)(H,37,38). The lowest BCUT2D eigenvalue weighted by molar-refractivity contribution is -0.143. The molecule has 0 aliphatic rings. The zero-order chi connectivity index (χ0) is 29.1. The summed E-state index contributed by atoms with van der Waals surface area (Å²) in [5.74, 6) is -3.86. The first-order chi connectivity index (χ1) is 18.5. The van der Waals surface area contributed by atoms with Crippen LogP contribution in [0.3, 0.4) is 0 Å². The van der Waals surface area contributed by atoms with Crippen LogP contribution in [-0.4, -0.2) is 75.9 Å². The monoisotopic (exact) mass is 562 g/mol. The van der Waals surface area contributed by atoms with Crippen molar-refractivity contribution in [2.75, 3.05) is 12.0 Å². The molecule has 0 aliphatic heterocycles. The number of aromatic nitrogens is 1. The Morgan fingerprint density at radius 1 is 1.03 bits per heavy atom. The van der Waals surface area contributed by atoms with Crippen molar-refractivity contribution in [2.45, 2.75) is 63.7 Å². The highest BCUT2D eigenvalue weighted by Gasteiger charge is 2.33. The number of rotatable bonds is 16. The van der Waals surface area contributed by atoms with Gasteiger partial charge in [-0.15, -0.1) is 0 Å². The van der Waals surface area contributed by atoms with Gasteiger partial charge in [0.05, 0.1) is 12.5 Å². The fourth-order valence-electron chi connectivity index (χ4n) is 4.00. The van der Waals surface area contributed by atoms with Crippen LogP contribution in [0.4, 0.5) is 0 Å². The molecule has 1 aromatic carbocycles. The molecule has 0 spiro atoms. The third-order valence-electron chi connectivity index (χ3n) is 6.51. The smallest absolute Gasteiger partial charge is 0.326 e. The second kappa shape index (κ2) is 15.1. The number of para-hydroxylation sites is 1. The van der Waals surface area contributed by atoms with Gasteiger partial charge in [0, 0.05) is 23.5 Å². The molecule has 0 bridgehead atoms. The van der Waals surface area contributed by atoms with E-state index in [9.17, 15) is 29.1 Å². The Balaban J connectivity index is 2.33.